The largest absolute Gasteiger partial charge is 0.480 e. The molecule has 0 radical (unpaired) electrons. The van der Waals surface area contributed by atoms with E-state index in [1.54, 1.807) is 6.08 Å². The van der Waals surface area contributed by atoms with Crippen molar-refractivity contribution >= 4 is 11.9 Å². The number of hydrogen-bond donors (Lipinski definition) is 3. The molecule has 0 aliphatic carbocycles. The maximum Gasteiger partial charge on any atom is 0.320 e. The molecule has 1 rings (SSSR count). The number of carboxylic acids is 1. The van der Waals surface area contributed by atoms with Crippen molar-refractivity contribution in [3.8, 4) is 0 Å². The third-order valence-corrected chi connectivity index (χ3v) is 2.61. The van der Waals surface area contributed by atoms with Crippen molar-refractivity contribution in [1.29, 1.82) is 0 Å². The minimum atomic E-state index is -0.854. The van der Waals surface area contributed by atoms with Crippen LogP contribution in [0, 0.1) is 5.92 Å². The summed E-state index contributed by atoms with van der Waals surface area (Å²) in [5, 5.41) is 14.5. The summed E-state index contributed by atoms with van der Waals surface area (Å²) in [5.41, 5.74) is 0. The summed E-state index contributed by atoms with van der Waals surface area (Å²) in [6, 6.07) is -0.570. The van der Waals surface area contributed by atoms with Crippen LogP contribution >= 0.6 is 0 Å². The van der Waals surface area contributed by atoms with E-state index in [9.17, 15) is 9.59 Å². The van der Waals surface area contributed by atoms with Crippen LogP contribution in [-0.4, -0.2) is 35.6 Å². The summed E-state index contributed by atoms with van der Waals surface area (Å²) >= 11 is 0. The lowest BCUT2D eigenvalue weighted by molar-refractivity contribution is -0.139. The van der Waals surface area contributed by atoms with E-state index in [1.807, 2.05) is 0 Å². The molecule has 3 atom stereocenters. The van der Waals surface area contributed by atoms with Gasteiger partial charge in [0.1, 0.15) is 6.04 Å². The Morgan fingerprint density at radius 3 is 2.80 bits per heavy atom. The van der Waals surface area contributed by atoms with Crippen molar-refractivity contribution in [3.05, 3.63) is 12.7 Å². The van der Waals surface area contributed by atoms with Gasteiger partial charge in [0.2, 0.25) is 5.91 Å². The summed E-state index contributed by atoms with van der Waals surface area (Å²) in [5.74, 6) is -0.872. The molecule has 5 nitrogen and oxygen atoms in total. The van der Waals surface area contributed by atoms with Crippen molar-refractivity contribution in [1.82, 2.24) is 10.6 Å². The van der Waals surface area contributed by atoms with Crippen LogP contribution in [0.2, 0.25) is 0 Å². The van der Waals surface area contributed by atoms with Crippen molar-refractivity contribution < 1.29 is 14.7 Å². The number of hydrogen-bond acceptors (Lipinski definition) is 3. The van der Waals surface area contributed by atoms with Gasteiger partial charge in [0.25, 0.3) is 0 Å². The fourth-order valence-electron chi connectivity index (χ4n) is 1.78. The highest BCUT2D eigenvalue weighted by atomic mass is 16.4. The third-order valence-electron chi connectivity index (χ3n) is 2.61. The molecular weight excluding hydrogens is 196 g/mol. The van der Waals surface area contributed by atoms with Crippen molar-refractivity contribution in [2.45, 2.75) is 25.4 Å². The van der Waals surface area contributed by atoms with Gasteiger partial charge in [-0.2, -0.15) is 0 Å². The summed E-state index contributed by atoms with van der Waals surface area (Å²) in [6.07, 6.45) is 2.27. The molecule has 0 bridgehead atoms. The van der Waals surface area contributed by atoms with Crippen LogP contribution in [0.15, 0.2) is 12.7 Å². The van der Waals surface area contributed by atoms with Gasteiger partial charge in [-0.3, -0.25) is 14.9 Å². The Hall–Kier alpha value is -1.36. The number of nitrogens with one attached hydrogen (secondary N) is 2. The first-order valence-corrected chi connectivity index (χ1v) is 4.90. The molecule has 1 aliphatic heterocycles. The highest BCUT2D eigenvalue weighted by Crippen LogP contribution is 2.21. The van der Waals surface area contributed by atoms with E-state index in [0.29, 0.717) is 13.0 Å². The normalized spacial score (nSPS) is 29.8. The van der Waals surface area contributed by atoms with Gasteiger partial charge >= 0.3 is 5.97 Å². The molecular formula is C10H16N2O3. The average Bonchev–Trinajstić information content (AvgIpc) is 2.57. The van der Waals surface area contributed by atoms with E-state index in [4.69, 9.17) is 5.11 Å². The molecule has 1 fully saturated rings. The smallest absolute Gasteiger partial charge is 0.320 e. The van der Waals surface area contributed by atoms with Gasteiger partial charge in [0, 0.05) is 19.5 Å². The van der Waals surface area contributed by atoms with E-state index in [-0.39, 0.29) is 17.9 Å². The molecule has 1 saturated heterocycles. The van der Waals surface area contributed by atoms with E-state index in [0.717, 1.165) is 0 Å². The number of carboxylic acid groups (broad SMARTS) is 1. The van der Waals surface area contributed by atoms with E-state index in [2.05, 4.69) is 17.2 Å². The molecule has 0 aromatic carbocycles. The van der Waals surface area contributed by atoms with Gasteiger partial charge in [-0.05, 0) is 12.3 Å². The Morgan fingerprint density at radius 1 is 1.67 bits per heavy atom. The minimum absolute atomic E-state index is 0.0347. The average molecular weight is 212 g/mol. The molecule has 0 unspecified atom stereocenters. The van der Waals surface area contributed by atoms with Crippen LogP contribution in [0.3, 0.4) is 0 Å². The number of rotatable bonds is 4. The molecule has 0 aromatic rings. The summed E-state index contributed by atoms with van der Waals surface area (Å²) < 4.78 is 0. The standard InChI is InChI=1S/C10H16N2O3/c1-3-7-4-8(10(14)15)12-9(7)5-11-6(2)13/h3,7-9,12H,1,4-5H2,2H3,(H,11,13)(H,14,15)/t7-,8-,9+/m1/s1. The van der Waals surface area contributed by atoms with Crippen LogP contribution in [-0.2, 0) is 9.59 Å². The van der Waals surface area contributed by atoms with Crippen LogP contribution in [0.25, 0.3) is 0 Å². The molecule has 0 aromatic heterocycles. The minimum Gasteiger partial charge on any atom is -0.480 e. The zero-order valence-electron chi connectivity index (χ0n) is 8.69. The third kappa shape index (κ3) is 3.06. The second kappa shape index (κ2) is 4.93. The Kier molecular flexibility index (Phi) is 3.85. The van der Waals surface area contributed by atoms with Crippen molar-refractivity contribution in [2.24, 2.45) is 5.92 Å². The lowest BCUT2D eigenvalue weighted by Gasteiger charge is -2.16. The molecule has 0 spiro atoms. The van der Waals surface area contributed by atoms with Crippen molar-refractivity contribution in [2.75, 3.05) is 6.54 Å². The second-order valence-electron chi connectivity index (χ2n) is 3.74. The van der Waals surface area contributed by atoms with Gasteiger partial charge in [0.15, 0.2) is 0 Å². The molecule has 1 amide bonds. The first kappa shape index (κ1) is 11.7. The molecule has 84 valence electrons. The molecule has 1 aliphatic rings. The zero-order chi connectivity index (χ0) is 11.4. The van der Waals surface area contributed by atoms with Gasteiger partial charge < -0.3 is 10.4 Å². The summed E-state index contributed by atoms with van der Waals surface area (Å²) in [7, 11) is 0. The van der Waals surface area contributed by atoms with Crippen LogP contribution in [0.4, 0.5) is 0 Å². The highest BCUT2D eigenvalue weighted by molar-refractivity contribution is 5.74. The first-order chi connectivity index (χ1) is 7.04. The maximum atomic E-state index is 10.8. The highest BCUT2D eigenvalue weighted by Gasteiger charge is 2.35. The zero-order valence-corrected chi connectivity index (χ0v) is 8.69. The molecule has 0 saturated carbocycles. The van der Waals surface area contributed by atoms with E-state index < -0.39 is 12.0 Å². The fraction of sp³-hybridized carbons (Fsp3) is 0.600. The predicted molar refractivity (Wildman–Crippen MR) is 55.3 cm³/mol. The number of carbonyl (C=O) groups excluding carboxylic acids is 1. The van der Waals surface area contributed by atoms with Gasteiger partial charge in [-0.25, -0.2) is 0 Å². The Bertz CT molecular complexity index is 278. The number of aliphatic carboxylic acids is 1. The van der Waals surface area contributed by atoms with Gasteiger partial charge in [-0.15, -0.1) is 6.58 Å². The summed E-state index contributed by atoms with van der Waals surface area (Å²) in [6.45, 7) is 5.55. The van der Waals surface area contributed by atoms with E-state index in [1.165, 1.54) is 6.92 Å². The maximum absolute atomic E-state index is 10.8. The Morgan fingerprint density at radius 2 is 2.33 bits per heavy atom. The van der Waals surface area contributed by atoms with Crippen LogP contribution in [0.1, 0.15) is 13.3 Å². The Balaban J connectivity index is 2.52. The van der Waals surface area contributed by atoms with Crippen LogP contribution < -0.4 is 10.6 Å². The molecule has 1 heterocycles. The van der Waals surface area contributed by atoms with E-state index >= 15 is 0 Å². The SMILES string of the molecule is C=C[C@@H]1C[C@H](C(=O)O)N[C@H]1CNC(C)=O. The molecule has 15 heavy (non-hydrogen) atoms. The Labute approximate surface area is 88.5 Å². The lowest BCUT2D eigenvalue weighted by atomic mass is 9.99. The quantitative estimate of drug-likeness (QED) is 0.561. The monoisotopic (exact) mass is 212 g/mol. The van der Waals surface area contributed by atoms with Gasteiger partial charge in [0.05, 0.1) is 0 Å². The molecule has 5 heteroatoms. The van der Waals surface area contributed by atoms with Gasteiger partial charge in [-0.1, -0.05) is 6.08 Å². The summed E-state index contributed by atoms with van der Waals surface area (Å²) in [4.78, 5) is 21.5. The fourth-order valence-corrected chi connectivity index (χ4v) is 1.78. The second-order valence-corrected chi connectivity index (χ2v) is 3.74. The number of carbonyl (C=O) groups is 2. The predicted octanol–water partition coefficient (Wildman–Crippen LogP) is -0.260. The first-order valence-electron chi connectivity index (χ1n) is 4.90. The molecule has 3 N–H and O–H groups in total. The number of amides is 1. The van der Waals surface area contributed by atoms with Crippen LogP contribution in [0.5, 0.6) is 0 Å². The van der Waals surface area contributed by atoms with Crippen molar-refractivity contribution in [3.63, 3.8) is 0 Å². The lowest BCUT2D eigenvalue weighted by Crippen LogP contribution is -2.43. The topological polar surface area (TPSA) is 78.4 Å².